The van der Waals surface area contributed by atoms with Crippen LogP contribution in [-0.2, 0) is 49.6 Å². The third-order valence-corrected chi connectivity index (χ3v) is 14.0. The number of carboxylic acid groups (broad SMARTS) is 6. The number of hydrogen-bond acceptors (Lipinski definition) is 14. The molecule has 2 fully saturated rings. The van der Waals surface area contributed by atoms with Crippen molar-refractivity contribution in [1.29, 1.82) is 0 Å². The monoisotopic (exact) mass is 1080 g/mol. The molecule has 0 aromatic heterocycles. The highest BCUT2D eigenvalue weighted by Gasteiger charge is 2.41. The van der Waals surface area contributed by atoms with Crippen molar-refractivity contribution in [3.05, 3.63) is 60.2 Å². The molecule has 0 spiro atoms. The van der Waals surface area contributed by atoms with Crippen LogP contribution in [0.25, 0.3) is 21.5 Å². The molecule has 0 bridgehead atoms. The van der Waals surface area contributed by atoms with Gasteiger partial charge in [-0.1, -0.05) is 48.5 Å². The number of nitrogens with zero attached hydrogens (tertiary/aromatic N) is 2. The normalized spacial score (nSPS) is 18.2. The first-order valence-electron chi connectivity index (χ1n) is 25.8. The molecule has 25 nitrogen and oxygen atoms in total. The zero-order chi connectivity index (χ0) is 56.0. The summed E-state index contributed by atoms with van der Waals surface area (Å²) in [6.07, 6.45) is 2.03. The quantitative estimate of drug-likeness (QED) is 0.0276. The molecule has 1 unspecified atom stereocenters. The third kappa shape index (κ3) is 20.9. The van der Waals surface area contributed by atoms with E-state index in [0.29, 0.717) is 38.6 Å². The second-order valence-corrected chi connectivity index (χ2v) is 19.7. The fraction of sp³-hybridized carbons (Fsp3) is 0.538. The second kappa shape index (κ2) is 30.3. The summed E-state index contributed by atoms with van der Waals surface area (Å²) in [4.78, 5) is 125. The Morgan fingerprint density at radius 1 is 0.571 bits per heavy atom. The first-order valence-corrected chi connectivity index (χ1v) is 25.8. The zero-order valence-electron chi connectivity index (χ0n) is 42.7. The summed E-state index contributed by atoms with van der Waals surface area (Å²) in [5.74, 6) is -8.99. The minimum absolute atomic E-state index is 0.0170. The van der Waals surface area contributed by atoms with Gasteiger partial charge in [-0.25, -0.2) is 14.4 Å². The Hall–Kier alpha value is -7.48. The Morgan fingerprint density at radius 3 is 1.68 bits per heavy atom. The molecule has 420 valence electrons. The first-order chi connectivity index (χ1) is 36.8. The summed E-state index contributed by atoms with van der Waals surface area (Å²) in [7, 11) is 0. The summed E-state index contributed by atoms with van der Waals surface area (Å²) in [6, 6.07) is 12.6. The van der Waals surface area contributed by atoms with Gasteiger partial charge in [0, 0.05) is 71.1 Å². The highest BCUT2D eigenvalue weighted by molar-refractivity contribution is 6.03. The van der Waals surface area contributed by atoms with Gasteiger partial charge in [0.2, 0.25) is 17.7 Å². The number of amides is 5. The molecule has 0 heterocycles. The van der Waals surface area contributed by atoms with Crippen LogP contribution in [0.3, 0.4) is 0 Å². The van der Waals surface area contributed by atoms with Gasteiger partial charge in [0.1, 0.15) is 18.1 Å². The molecule has 13 N–H and O–H groups in total. The topological polar surface area (TPSA) is 383 Å². The van der Waals surface area contributed by atoms with E-state index < -0.39 is 84.6 Å². The molecule has 77 heavy (non-hydrogen) atoms. The molecule has 5 rings (SSSR count). The van der Waals surface area contributed by atoms with Crippen LogP contribution in [0.5, 0.6) is 0 Å². The van der Waals surface area contributed by atoms with E-state index in [2.05, 4.69) is 43.3 Å². The number of carboxylic acids is 6. The van der Waals surface area contributed by atoms with Gasteiger partial charge < -0.3 is 67.9 Å². The Balaban J connectivity index is 1.12. The Morgan fingerprint density at radius 2 is 1.13 bits per heavy atom. The Kier molecular flexibility index (Phi) is 23.8. The molecule has 0 saturated heterocycles. The average Bonchev–Trinajstić information content (AvgIpc) is 4.16. The number of nitrogens with one attached hydrogen (secondary N) is 7. The van der Waals surface area contributed by atoms with Crippen LogP contribution in [0.15, 0.2) is 54.6 Å². The number of benzene rings is 3. The van der Waals surface area contributed by atoms with Gasteiger partial charge in [0.05, 0.1) is 26.2 Å². The number of aliphatic carboxylic acids is 6. The van der Waals surface area contributed by atoms with Crippen LogP contribution in [0.4, 0.5) is 4.79 Å². The maximum Gasteiger partial charge on any atom is 0.326 e. The summed E-state index contributed by atoms with van der Waals surface area (Å²) < 4.78 is 0. The van der Waals surface area contributed by atoms with E-state index in [0.717, 1.165) is 27.1 Å². The van der Waals surface area contributed by atoms with Crippen molar-refractivity contribution in [1.82, 2.24) is 47.0 Å². The van der Waals surface area contributed by atoms with E-state index in [1.807, 2.05) is 48.5 Å². The van der Waals surface area contributed by atoms with Crippen molar-refractivity contribution in [2.75, 3.05) is 78.5 Å². The lowest BCUT2D eigenvalue weighted by atomic mass is 9.81. The van der Waals surface area contributed by atoms with Crippen LogP contribution in [-0.4, -0.2) is 197 Å². The van der Waals surface area contributed by atoms with Crippen molar-refractivity contribution in [2.24, 2.45) is 23.7 Å². The fourth-order valence-electron chi connectivity index (χ4n) is 9.67. The number of fused-ring (bicyclic) bond motifs is 2. The number of hydrogen-bond donors (Lipinski definition) is 13. The molecule has 2 aliphatic rings. The van der Waals surface area contributed by atoms with Gasteiger partial charge >= 0.3 is 41.8 Å². The molecule has 5 atom stereocenters. The van der Waals surface area contributed by atoms with Crippen LogP contribution in [0, 0.1) is 23.7 Å². The lowest BCUT2D eigenvalue weighted by Crippen LogP contribution is -2.51. The summed E-state index contributed by atoms with van der Waals surface area (Å²) in [6.45, 7) is 0.998. The smallest absolute Gasteiger partial charge is 0.326 e. The molecule has 3 aromatic carbocycles. The van der Waals surface area contributed by atoms with Crippen molar-refractivity contribution >= 4 is 81.1 Å². The minimum atomic E-state index is -1.55. The van der Waals surface area contributed by atoms with Crippen molar-refractivity contribution in [3.8, 4) is 0 Å². The van der Waals surface area contributed by atoms with E-state index >= 15 is 0 Å². The molecule has 0 aliphatic heterocycles. The number of carbonyl (C=O) groups is 10. The molecule has 0 radical (unpaired) electrons. The largest absolute Gasteiger partial charge is 0.481 e. The molecule has 3 aromatic rings. The maximum atomic E-state index is 14.2. The van der Waals surface area contributed by atoms with Crippen LogP contribution < -0.4 is 37.2 Å². The molecule has 2 saturated carbocycles. The van der Waals surface area contributed by atoms with E-state index in [-0.39, 0.29) is 114 Å². The van der Waals surface area contributed by atoms with Gasteiger partial charge in [-0.2, -0.15) is 0 Å². The Labute approximate surface area is 443 Å². The number of rotatable bonds is 35. The van der Waals surface area contributed by atoms with E-state index in [1.54, 1.807) is 9.80 Å². The van der Waals surface area contributed by atoms with Crippen LogP contribution in [0.1, 0.15) is 56.9 Å². The fourth-order valence-corrected chi connectivity index (χ4v) is 9.67. The zero-order valence-corrected chi connectivity index (χ0v) is 42.7. The predicted molar refractivity (Wildman–Crippen MR) is 278 cm³/mol. The minimum Gasteiger partial charge on any atom is -0.481 e. The third-order valence-electron chi connectivity index (χ3n) is 14.0. The van der Waals surface area contributed by atoms with E-state index in [9.17, 15) is 68.4 Å². The van der Waals surface area contributed by atoms with Crippen LogP contribution in [0.2, 0.25) is 0 Å². The number of urea groups is 1. The highest BCUT2D eigenvalue weighted by Crippen LogP contribution is 2.41. The summed E-state index contributed by atoms with van der Waals surface area (Å²) >= 11 is 0. The molecular formula is C52H71N9O16. The predicted octanol–water partition coefficient (Wildman–Crippen LogP) is 0.193. The van der Waals surface area contributed by atoms with Gasteiger partial charge in [0.15, 0.2) is 0 Å². The maximum absolute atomic E-state index is 14.2. The lowest BCUT2D eigenvalue weighted by molar-refractivity contribution is -0.141. The molecule has 5 amide bonds. The Bertz CT molecular complexity index is 2520. The van der Waals surface area contributed by atoms with Gasteiger partial charge in [0.25, 0.3) is 0 Å². The highest BCUT2D eigenvalue weighted by atomic mass is 16.4. The molecule has 2 aliphatic carbocycles. The SMILES string of the molecule is O=C(O)CC[C@H](NC(=O)N[C@@H](CC1C[C@H]1CNC(=O)[C@H](Cc1c2ccccc2cc2ccccc12)NC(=O)[C@H]1CC[C@H](CNC(=O)CNCCN(CCN(CCNCC(=O)O)CC(=O)O)CC(=O)O)CC1)C(=O)O)C(=O)O. The van der Waals surface area contributed by atoms with Gasteiger partial charge in [-0.05, 0) is 95.9 Å². The van der Waals surface area contributed by atoms with Crippen molar-refractivity contribution in [2.45, 2.75) is 75.9 Å². The van der Waals surface area contributed by atoms with E-state index in [1.165, 1.54) is 0 Å². The number of carbonyl (C=O) groups excluding carboxylic acids is 4. The lowest BCUT2D eigenvalue weighted by Gasteiger charge is -2.29. The average molecular weight is 1080 g/mol. The van der Waals surface area contributed by atoms with Gasteiger partial charge in [-0.15, -0.1) is 0 Å². The van der Waals surface area contributed by atoms with Crippen molar-refractivity contribution in [3.63, 3.8) is 0 Å². The summed E-state index contributed by atoms with van der Waals surface area (Å²) in [5, 5.41) is 78.6. The second-order valence-electron chi connectivity index (χ2n) is 19.7. The van der Waals surface area contributed by atoms with E-state index in [4.69, 9.17) is 10.2 Å². The van der Waals surface area contributed by atoms with Crippen molar-refractivity contribution < 1.29 is 78.6 Å². The van der Waals surface area contributed by atoms with Crippen LogP contribution >= 0.6 is 0 Å². The molecular weight excluding hydrogens is 1010 g/mol. The summed E-state index contributed by atoms with van der Waals surface area (Å²) in [5.41, 5.74) is 0.873. The molecule has 25 heteroatoms. The standard InChI is InChI=1S/C52H71N9O16/c62-43(27-53-15-17-60(29-46(67)68)19-20-61(30-47(69)70)18-16-54-28-45(65)66)55-25-31-9-11-32(12-10-31)48(71)57-41(24-39-37-7-3-1-5-33(37)21-34-6-2-4-8-38(34)39)49(72)56-26-36-22-35(36)23-42(51(75)76)59-52(77)58-40(50(73)74)13-14-44(63)64/h1-8,21,31-32,35-36,40-42,53-54H,9-20,22-30H2,(H,55,62)(H,56,72)(H,57,71)(H,63,64)(H,65,66)(H,67,68)(H,69,70)(H,73,74)(H,75,76)(H2,58,59,77)/t31-,32-,35?,36-,40-,41-,42-/m0/s1. The first kappa shape index (κ1) is 60.4. The van der Waals surface area contributed by atoms with Gasteiger partial charge in [-0.3, -0.25) is 43.4 Å².